The highest BCUT2D eigenvalue weighted by atomic mass is 19.1. The number of rotatable bonds is 6. The topological polar surface area (TPSA) is 96.5 Å². The van der Waals surface area contributed by atoms with Crippen LogP contribution in [0, 0.1) is 5.82 Å². The fourth-order valence-corrected chi connectivity index (χ4v) is 2.69. The molecule has 1 aromatic heterocycles. The molecule has 1 saturated heterocycles. The van der Waals surface area contributed by atoms with E-state index >= 15 is 0 Å². The van der Waals surface area contributed by atoms with Crippen LogP contribution in [0.15, 0.2) is 24.4 Å². The number of carbonyl (C=O) groups is 2. The third kappa shape index (κ3) is 3.83. The Hall–Kier alpha value is -2.94. The average Bonchev–Trinajstić information content (AvgIpc) is 3.20. The second-order valence-corrected chi connectivity index (χ2v) is 5.91. The molecule has 0 saturated carbocycles. The molecule has 1 aliphatic rings. The van der Waals surface area contributed by atoms with Gasteiger partial charge in [0.15, 0.2) is 0 Å². The summed E-state index contributed by atoms with van der Waals surface area (Å²) in [6.07, 6.45) is 0.528. The van der Waals surface area contributed by atoms with E-state index in [1.165, 1.54) is 17.9 Å². The molecular weight excluding hydrogens is 343 g/mol. The summed E-state index contributed by atoms with van der Waals surface area (Å²) in [6.45, 7) is 2.18. The van der Waals surface area contributed by atoms with E-state index in [0.717, 1.165) is 5.69 Å². The summed E-state index contributed by atoms with van der Waals surface area (Å²) >= 11 is 0. The lowest BCUT2D eigenvalue weighted by Crippen LogP contribution is -2.33. The van der Waals surface area contributed by atoms with Crippen LogP contribution in [-0.4, -0.2) is 48.3 Å². The molecule has 2 N–H and O–H groups in total. The number of ether oxygens (including phenoxy) is 2. The van der Waals surface area contributed by atoms with Crippen molar-refractivity contribution in [1.29, 1.82) is 0 Å². The Morgan fingerprint density at radius 1 is 1.54 bits per heavy atom. The van der Waals surface area contributed by atoms with Gasteiger partial charge in [-0.05, 0) is 18.2 Å². The largest absolute Gasteiger partial charge is 0.442 e. The number of anilines is 1. The first-order chi connectivity index (χ1) is 12.5. The maximum absolute atomic E-state index is 14.5. The van der Waals surface area contributed by atoms with Crippen molar-refractivity contribution < 1.29 is 23.5 Å². The normalized spacial score (nSPS) is 16.7. The molecule has 2 aromatic rings. The van der Waals surface area contributed by atoms with Gasteiger partial charge < -0.3 is 19.8 Å². The van der Waals surface area contributed by atoms with Crippen molar-refractivity contribution in [2.75, 3.05) is 25.1 Å². The molecule has 0 spiro atoms. The van der Waals surface area contributed by atoms with Gasteiger partial charge in [-0.3, -0.25) is 9.69 Å². The molecule has 0 aliphatic carbocycles. The van der Waals surface area contributed by atoms with Crippen LogP contribution in [0.1, 0.15) is 12.6 Å². The number of benzene rings is 1. The molecule has 8 nitrogen and oxygen atoms in total. The minimum Gasteiger partial charge on any atom is -0.442 e. The average molecular weight is 362 g/mol. The van der Waals surface area contributed by atoms with Gasteiger partial charge in [0, 0.05) is 14.0 Å². The van der Waals surface area contributed by atoms with Crippen molar-refractivity contribution in [3.8, 4) is 11.4 Å². The second-order valence-electron chi connectivity index (χ2n) is 5.91. The molecule has 1 atom stereocenters. The fourth-order valence-electron chi connectivity index (χ4n) is 2.69. The summed E-state index contributed by atoms with van der Waals surface area (Å²) in [7, 11) is 1.56. The fraction of sp³-hybridized carbons (Fsp3) is 0.353. The summed E-state index contributed by atoms with van der Waals surface area (Å²) in [5.41, 5.74) is 1.40. The second kappa shape index (κ2) is 7.52. The third-order valence-corrected chi connectivity index (χ3v) is 3.90. The first-order valence-corrected chi connectivity index (χ1v) is 8.03. The highest BCUT2D eigenvalue weighted by Crippen LogP contribution is 2.27. The number of halogens is 1. The Kier molecular flexibility index (Phi) is 5.17. The minimum absolute atomic E-state index is 0.207. The molecule has 0 radical (unpaired) electrons. The van der Waals surface area contributed by atoms with Gasteiger partial charge in [-0.15, -0.1) is 0 Å². The zero-order chi connectivity index (χ0) is 18.7. The van der Waals surface area contributed by atoms with Crippen molar-refractivity contribution >= 4 is 17.7 Å². The van der Waals surface area contributed by atoms with E-state index in [9.17, 15) is 14.0 Å². The number of methoxy groups -OCH3 is 1. The maximum Gasteiger partial charge on any atom is 0.414 e. The molecule has 0 unspecified atom stereocenters. The van der Waals surface area contributed by atoms with E-state index in [1.807, 2.05) is 0 Å². The monoisotopic (exact) mass is 362 g/mol. The lowest BCUT2D eigenvalue weighted by molar-refractivity contribution is -0.119. The van der Waals surface area contributed by atoms with Crippen molar-refractivity contribution in [3.63, 3.8) is 0 Å². The third-order valence-electron chi connectivity index (χ3n) is 3.90. The molecule has 1 aliphatic heterocycles. The summed E-state index contributed by atoms with van der Waals surface area (Å²) in [5, 5.41) is 2.60. The standard InChI is InChI=1S/C17H19FN4O4/c1-10(23)19-7-13-8-22(17(24)26-13)12-3-4-14(15(18)5-12)16-20-6-11(21-16)9-25-2/h3-6,13H,7-9H2,1-2H3,(H,19,23)(H,20,21)/t13-/m0/s1. The highest BCUT2D eigenvalue weighted by molar-refractivity contribution is 5.90. The van der Waals surface area contributed by atoms with Gasteiger partial charge in [-0.1, -0.05) is 0 Å². The molecule has 3 rings (SSSR count). The highest BCUT2D eigenvalue weighted by Gasteiger charge is 2.32. The van der Waals surface area contributed by atoms with Gasteiger partial charge in [0.25, 0.3) is 0 Å². The number of aromatic amines is 1. The molecule has 2 heterocycles. The first-order valence-electron chi connectivity index (χ1n) is 8.03. The zero-order valence-corrected chi connectivity index (χ0v) is 14.4. The number of hydrogen-bond acceptors (Lipinski definition) is 5. The molecule has 2 amide bonds. The predicted molar refractivity (Wildman–Crippen MR) is 91.0 cm³/mol. The summed E-state index contributed by atoms with van der Waals surface area (Å²) < 4.78 is 24.7. The van der Waals surface area contributed by atoms with Gasteiger partial charge in [0.2, 0.25) is 5.91 Å². The van der Waals surface area contributed by atoms with Crippen LogP contribution in [0.25, 0.3) is 11.4 Å². The van der Waals surface area contributed by atoms with E-state index < -0.39 is 18.0 Å². The summed E-state index contributed by atoms with van der Waals surface area (Å²) in [5.74, 6) is -0.339. The Balaban J connectivity index is 1.74. The number of nitrogens with one attached hydrogen (secondary N) is 2. The molecular formula is C17H19FN4O4. The minimum atomic E-state index is -0.576. The SMILES string of the molecule is COCc1cnc(-c2ccc(N3C[C@H](CNC(C)=O)OC3=O)cc2F)[nH]1. The molecule has 26 heavy (non-hydrogen) atoms. The Labute approximate surface area is 149 Å². The smallest absolute Gasteiger partial charge is 0.414 e. The van der Waals surface area contributed by atoms with Crippen LogP contribution >= 0.6 is 0 Å². The van der Waals surface area contributed by atoms with Crippen LogP contribution in [-0.2, 0) is 20.9 Å². The van der Waals surface area contributed by atoms with Crippen LogP contribution in [0.3, 0.4) is 0 Å². The van der Waals surface area contributed by atoms with Crippen LogP contribution < -0.4 is 10.2 Å². The van der Waals surface area contributed by atoms with Gasteiger partial charge in [0.1, 0.15) is 17.7 Å². The van der Waals surface area contributed by atoms with Crippen molar-refractivity contribution in [1.82, 2.24) is 15.3 Å². The van der Waals surface area contributed by atoms with E-state index in [0.29, 0.717) is 23.7 Å². The number of aromatic nitrogens is 2. The summed E-state index contributed by atoms with van der Waals surface area (Å²) in [6, 6.07) is 4.43. The first kappa shape index (κ1) is 17.9. The number of carbonyl (C=O) groups excluding carboxylic acids is 2. The molecule has 1 aromatic carbocycles. The molecule has 1 fully saturated rings. The Morgan fingerprint density at radius 2 is 2.35 bits per heavy atom. The predicted octanol–water partition coefficient (Wildman–Crippen LogP) is 1.82. The van der Waals surface area contributed by atoms with Crippen LogP contribution in [0.2, 0.25) is 0 Å². The zero-order valence-electron chi connectivity index (χ0n) is 14.4. The van der Waals surface area contributed by atoms with Crippen molar-refractivity contribution in [2.45, 2.75) is 19.6 Å². The van der Waals surface area contributed by atoms with Gasteiger partial charge >= 0.3 is 6.09 Å². The quantitative estimate of drug-likeness (QED) is 0.817. The van der Waals surface area contributed by atoms with E-state index in [1.54, 1.807) is 25.4 Å². The summed E-state index contributed by atoms with van der Waals surface area (Å²) in [4.78, 5) is 31.4. The van der Waals surface area contributed by atoms with Gasteiger partial charge in [-0.25, -0.2) is 14.2 Å². The van der Waals surface area contributed by atoms with Gasteiger partial charge in [-0.2, -0.15) is 0 Å². The number of H-pyrrole nitrogens is 1. The lowest BCUT2D eigenvalue weighted by atomic mass is 10.1. The van der Waals surface area contributed by atoms with Crippen molar-refractivity contribution in [2.24, 2.45) is 0 Å². The number of cyclic esters (lactones) is 1. The number of nitrogens with zero attached hydrogens (tertiary/aromatic N) is 2. The maximum atomic E-state index is 14.5. The molecule has 9 heteroatoms. The number of amides is 2. The number of hydrogen-bond donors (Lipinski definition) is 2. The Morgan fingerprint density at radius 3 is 3.04 bits per heavy atom. The van der Waals surface area contributed by atoms with Gasteiger partial charge in [0.05, 0.1) is 42.8 Å². The van der Waals surface area contributed by atoms with Crippen LogP contribution in [0.4, 0.5) is 14.9 Å². The lowest BCUT2D eigenvalue weighted by Gasteiger charge is -2.14. The molecule has 138 valence electrons. The number of imidazole rings is 1. The van der Waals surface area contributed by atoms with Crippen LogP contribution in [0.5, 0.6) is 0 Å². The van der Waals surface area contributed by atoms with Crippen molar-refractivity contribution in [3.05, 3.63) is 35.9 Å². The molecule has 0 bridgehead atoms. The van der Waals surface area contributed by atoms with E-state index in [2.05, 4.69) is 15.3 Å². The Bertz CT molecular complexity index is 823. The van der Waals surface area contributed by atoms with E-state index in [-0.39, 0.29) is 19.0 Å². The van der Waals surface area contributed by atoms with E-state index in [4.69, 9.17) is 9.47 Å².